The first-order chi connectivity index (χ1) is 12.2. The lowest BCUT2D eigenvalue weighted by Gasteiger charge is -2.07. The van der Waals surface area contributed by atoms with Gasteiger partial charge < -0.3 is 10.1 Å². The Balaban J connectivity index is 1.71. The van der Waals surface area contributed by atoms with E-state index in [9.17, 15) is 4.79 Å². The number of rotatable bonds is 6. The summed E-state index contributed by atoms with van der Waals surface area (Å²) in [5.41, 5.74) is 3.54. The van der Waals surface area contributed by atoms with Crippen molar-refractivity contribution in [2.24, 2.45) is 7.05 Å². The van der Waals surface area contributed by atoms with Gasteiger partial charge in [-0.15, -0.1) is 0 Å². The smallest absolute Gasteiger partial charge is 0.339 e. The van der Waals surface area contributed by atoms with E-state index in [1.165, 1.54) is 6.20 Å². The van der Waals surface area contributed by atoms with Gasteiger partial charge in [0, 0.05) is 37.1 Å². The summed E-state index contributed by atoms with van der Waals surface area (Å²) >= 11 is 0. The highest BCUT2D eigenvalue weighted by Gasteiger charge is 2.11. The molecular formula is C19H20N4O2. The van der Waals surface area contributed by atoms with Gasteiger partial charge in [-0.05, 0) is 19.1 Å². The molecule has 0 aliphatic carbocycles. The molecule has 25 heavy (non-hydrogen) atoms. The second-order valence-electron chi connectivity index (χ2n) is 5.55. The molecule has 0 fully saturated rings. The fourth-order valence-electron chi connectivity index (χ4n) is 2.53. The molecule has 0 saturated carbocycles. The number of aryl methyl sites for hydroxylation is 1. The largest absolute Gasteiger partial charge is 0.462 e. The third-order valence-electron chi connectivity index (χ3n) is 3.69. The summed E-state index contributed by atoms with van der Waals surface area (Å²) in [6.07, 6.45) is 3.50. The Hall–Kier alpha value is -3.15. The number of hydrogen-bond donors (Lipinski definition) is 1. The van der Waals surface area contributed by atoms with Crippen molar-refractivity contribution in [2.45, 2.75) is 13.5 Å². The molecule has 0 saturated heterocycles. The summed E-state index contributed by atoms with van der Waals surface area (Å²) in [7, 11) is 1.91. The van der Waals surface area contributed by atoms with Crippen LogP contribution in [0.5, 0.6) is 0 Å². The molecule has 0 bridgehead atoms. The maximum atomic E-state index is 11.6. The predicted octanol–water partition coefficient (Wildman–Crippen LogP) is 3.27. The molecule has 1 N–H and O–H groups in total. The molecule has 3 aromatic rings. The van der Waals surface area contributed by atoms with Crippen LogP contribution in [0.4, 0.5) is 5.82 Å². The summed E-state index contributed by atoms with van der Waals surface area (Å²) in [6.45, 7) is 2.71. The fourth-order valence-corrected chi connectivity index (χ4v) is 2.53. The van der Waals surface area contributed by atoms with Crippen LogP contribution in [0.1, 0.15) is 22.8 Å². The van der Waals surface area contributed by atoms with Gasteiger partial charge in [0.1, 0.15) is 5.82 Å². The van der Waals surface area contributed by atoms with Crippen LogP contribution in [-0.4, -0.2) is 27.3 Å². The van der Waals surface area contributed by atoms with Crippen LogP contribution in [0.25, 0.3) is 11.3 Å². The SMILES string of the molecule is CCOC(=O)c1ccc(NCc2cn(C)nc2-c2ccccc2)nc1. The molecule has 0 unspecified atom stereocenters. The molecule has 3 rings (SSSR count). The molecule has 128 valence electrons. The zero-order valence-corrected chi connectivity index (χ0v) is 14.3. The highest BCUT2D eigenvalue weighted by atomic mass is 16.5. The third kappa shape index (κ3) is 4.03. The second kappa shape index (κ2) is 7.61. The van der Waals surface area contributed by atoms with E-state index in [1.54, 1.807) is 23.7 Å². The number of ether oxygens (including phenoxy) is 1. The van der Waals surface area contributed by atoms with Crippen molar-refractivity contribution in [3.63, 3.8) is 0 Å². The summed E-state index contributed by atoms with van der Waals surface area (Å²) < 4.78 is 6.76. The summed E-state index contributed by atoms with van der Waals surface area (Å²) in [4.78, 5) is 15.9. The van der Waals surface area contributed by atoms with Crippen LogP contribution >= 0.6 is 0 Å². The molecular weight excluding hydrogens is 316 g/mol. The van der Waals surface area contributed by atoms with Crippen LogP contribution in [0.15, 0.2) is 54.9 Å². The molecule has 0 amide bonds. The Morgan fingerprint density at radius 3 is 2.68 bits per heavy atom. The van der Waals surface area contributed by atoms with Gasteiger partial charge in [0.2, 0.25) is 0 Å². The Kier molecular flexibility index (Phi) is 5.09. The molecule has 2 heterocycles. The van der Waals surface area contributed by atoms with Crippen LogP contribution in [0, 0.1) is 0 Å². The van der Waals surface area contributed by atoms with E-state index < -0.39 is 0 Å². The molecule has 0 radical (unpaired) electrons. The number of nitrogens with one attached hydrogen (secondary N) is 1. The van der Waals surface area contributed by atoms with E-state index in [-0.39, 0.29) is 5.97 Å². The molecule has 0 atom stereocenters. The highest BCUT2D eigenvalue weighted by Crippen LogP contribution is 2.22. The highest BCUT2D eigenvalue weighted by molar-refractivity contribution is 5.89. The number of pyridine rings is 1. The van der Waals surface area contributed by atoms with Crippen molar-refractivity contribution in [3.05, 3.63) is 66.0 Å². The number of aromatic nitrogens is 3. The molecule has 6 nitrogen and oxygen atoms in total. The van der Waals surface area contributed by atoms with Crippen LogP contribution in [0.3, 0.4) is 0 Å². The van der Waals surface area contributed by atoms with Crippen molar-refractivity contribution >= 4 is 11.8 Å². The zero-order chi connectivity index (χ0) is 17.6. The average molecular weight is 336 g/mol. The normalized spacial score (nSPS) is 10.5. The van der Waals surface area contributed by atoms with E-state index in [0.717, 1.165) is 16.8 Å². The molecule has 1 aromatic carbocycles. The number of hydrogen-bond acceptors (Lipinski definition) is 5. The van der Waals surface area contributed by atoms with Crippen molar-refractivity contribution in [1.29, 1.82) is 0 Å². The van der Waals surface area contributed by atoms with Crippen LogP contribution in [0.2, 0.25) is 0 Å². The van der Waals surface area contributed by atoms with E-state index >= 15 is 0 Å². The van der Waals surface area contributed by atoms with Crippen molar-refractivity contribution in [1.82, 2.24) is 14.8 Å². The number of anilines is 1. The number of benzene rings is 1. The Morgan fingerprint density at radius 2 is 2.00 bits per heavy atom. The minimum Gasteiger partial charge on any atom is -0.462 e. The standard InChI is InChI=1S/C19H20N4O2/c1-3-25-19(24)15-9-10-17(20-11-15)21-12-16-13-23(2)22-18(16)14-7-5-4-6-8-14/h4-11,13H,3,12H2,1-2H3,(H,20,21). The predicted molar refractivity (Wildman–Crippen MR) is 96.2 cm³/mol. The summed E-state index contributed by atoms with van der Waals surface area (Å²) in [5.74, 6) is 0.330. The molecule has 0 aliphatic rings. The second-order valence-corrected chi connectivity index (χ2v) is 5.55. The molecule has 0 aliphatic heterocycles. The number of carbonyl (C=O) groups excluding carboxylic acids is 1. The van der Waals surface area contributed by atoms with Gasteiger partial charge in [0.25, 0.3) is 0 Å². The van der Waals surface area contributed by atoms with Gasteiger partial charge in [-0.25, -0.2) is 9.78 Å². The van der Waals surface area contributed by atoms with Crippen molar-refractivity contribution < 1.29 is 9.53 Å². The van der Waals surface area contributed by atoms with Crippen molar-refractivity contribution in [2.75, 3.05) is 11.9 Å². The van der Waals surface area contributed by atoms with Crippen molar-refractivity contribution in [3.8, 4) is 11.3 Å². The maximum absolute atomic E-state index is 11.6. The topological polar surface area (TPSA) is 69.0 Å². The maximum Gasteiger partial charge on any atom is 0.339 e. The monoisotopic (exact) mass is 336 g/mol. The van der Waals surface area contributed by atoms with E-state index in [4.69, 9.17) is 4.74 Å². The van der Waals surface area contributed by atoms with Crippen LogP contribution in [-0.2, 0) is 18.3 Å². The zero-order valence-electron chi connectivity index (χ0n) is 14.3. The Labute approximate surface area is 146 Å². The minimum absolute atomic E-state index is 0.349. The third-order valence-corrected chi connectivity index (χ3v) is 3.69. The molecule has 6 heteroatoms. The Bertz CT molecular complexity index is 842. The quantitative estimate of drug-likeness (QED) is 0.700. The van der Waals surface area contributed by atoms with Gasteiger partial charge in [-0.1, -0.05) is 30.3 Å². The van der Waals surface area contributed by atoms with Gasteiger partial charge in [0.05, 0.1) is 17.9 Å². The lowest BCUT2D eigenvalue weighted by atomic mass is 10.1. The van der Waals surface area contributed by atoms with E-state index in [2.05, 4.69) is 15.4 Å². The fraction of sp³-hybridized carbons (Fsp3) is 0.211. The summed E-state index contributed by atoms with van der Waals surface area (Å²) in [5, 5.41) is 7.81. The van der Waals surface area contributed by atoms with E-state index in [1.807, 2.05) is 43.6 Å². The van der Waals surface area contributed by atoms with Gasteiger partial charge in [-0.2, -0.15) is 5.10 Å². The number of nitrogens with zero attached hydrogens (tertiary/aromatic N) is 3. The first-order valence-corrected chi connectivity index (χ1v) is 8.12. The lowest BCUT2D eigenvalue weighted by molar-refractivity contribution is 0.0526. The van der Waals surface area contributed by atoms with Gasteiger partial charge >= 0.3 is 5.97 Å². The van der Waals surface area contributed by atoms with Gasteiger partial charge in [-0.3, -0.25) is 4.68 Å². The summed E-state index contributed by atoms with van der Waals surface area (Å²) in [6, 6.07) is 13.5. The minimum atomic E-state index is -0.361. The lowest BCUT2D eigenvalue weighted by Crippen LogP contribution is -2.06. The first kappa shape index (κ1) is 16.7. The van der Waals surface area contributed by atoms with Gasteiger partial charge in [0.15, 0.2) is 0 Å². The van der Waals surface area contributed by atoms with Crippen LogP contribution < -0.4 is 5.32 Å². The molecule has 2 aromatic heterocycles. The van der Waals surface area contributed by atoms with E-state index in [0.29, 0.717) is 24.5 Å². The average Bonchev–Trinajstić information content (AvgIpc) is 3.02. The number of esters is 1. The molecule has 0 spiro atoms. The number of carbonyl (C=O) groups is 1. The first-order valence-electron chi connectivity index (χ1n) is 8.12. The Morgan fingerprint density at radius 1 is 1.20 bits per heavy atom.